The first-order chi connectivity index (χ1) is 14.0. The van der Waals surface area contributed by atoms with E-state index in [1.165, 1.54) is 17.5 Å². The maximum absolute atomic E-state index is 14.9. The van der Waals surface area contributed by atoms with Crippen LogP contribution in [0.15, 0.2) is 30.3 Å². The van der Waals surface area contributed by atoms with E-state index in [0.29, 0.717) is 17.8 Å². The molecule has 2 fully saturated rings. The van der Waals surface area contributed by atoms with Crippen LogP contribution >= 0.6 is 0 Å². The molecule has 1 aliphatic heterocycles. The first-order valence-electron chi connectivity index (χ1n) is 10.6. The Kier molecular flexibility index (Phi) is 4.49. The Morgan fingerprint density at radius 3 is 2.72 bits per heavy atom. The first-order valence-corrected chi connectivity index (χ1v) is 10.6. The van der Waals surface area contributed by atoms with Crippen LogP contribution in [0, 0.1) is 18.7 Å². The number of aryl methyl sites for hydroxylation is 1. The summed E-state index contributed by atoms with van der Waals surface area (Å²) in [5.74, 6) is -0.194. The summed E-state index contributed by atoms with van der Waals surface area (Å²) in [6, 6.07) is 9.96. The van der Waals surface area contributed by atoms with Crippen molar-refractivity contribution in [2.24, 2.45) is 5.92 Å². The fourth-order valence-corrected chi connectivity index (χ4v) is 4.54. The molecule has 152 valence electrons. The number of carboxylic acids is 1. The minimum absolute atomic E-state index is 0.149. The zero-order valence-electron chi connectivity index (χ0n) is 16.7. The molecule has 2 aliphatic carbocycles. The third kappa shape index (κ3) is 3.47. The molecule has 0 aromatic heterocycles. The third-order valence-corrected chi connectivity index (χ3v) is 6.68. The largest absolute Gasteiger partial charge is 0.490 e. The molecule has 4 nitrogen and oxygen atoms in total. The number of benzene rings is 2. The second kappa shape index (κ2) is 7.05. The van der Waals surface area contributed by atoms with E-state index >= 15 is 0 Å². The number of rotatable bonds is 5. The SMILES string of the molecule is Cc1cc(OC2CCC2)cc(N2CCc3cc([C@@H]4C[C@H]4C(=O)O)ccc3C2)c1F. The fraction of sp³-hybridized carbons (Fsp3) is 0.458. The highest BCUT2D eigenvalue weighted by Crippen LogP contribution is 2.48. The molecule has 2 aromatic rings. The lowest BCUT2D eigenvalue weighted by Crippen LogP contribution is -2.31. The van der Waals surface area contributed by atoms with E-state index in [1.807, 2.05) is 12.1 Å². The molecule has 0 amide bonds. The number of anilines is 1. The summed E-state index contributed by atoms with van der Waals surface area (Å²) in [6.07, 6.45) is 5.20. The second-order valence-electron chi connectivity index (χ2n) is 8.73. The van der Waals surface area contributed by atoms with Gasteiger partial charge in [0.2, 0.25) is 0 Å². The van der Waals surface area contributed by atoms with Gasteiger partial charge < -0.3 is 14.7 Å². The molecular weight excluding hydrogens is 369 g/mol. The molecule has 2 atom stereocenters. The van der Waals surface area contributed by atoms with Gasteiger partial charge in [-0.25, -0.2) is 4.39 Å². The maximum Gasteiger partial charge on any atom is 0.307 e. The van der Waals surface area contributed by atoms with Crippen LogP contribution < -0.4 is 9.64 Å². The molecule has 2 saturated carbocycles. The van der Waals surface area contributed by atoms with Crippen molar-refractivity contribution >= 4 is 11.7 Å². The van der Waals surface area contributed by atoms with Crippen LogP contribution in [-0.2, 0) is 17.8 Å². The number of carboxylic acid groups (broad SMARTS) is 1. The molecule has 0 spiro atoms. The average molecular weight is 395 g/mol. The third-order valence-electron chi connectivity index (χ3n) is 6.68. The summed E-state index contributed by atoms with van der Waals surface area (Å²) >= 11 is 0. The minimum atomic E-state index is -0.700. The van der Waals surface area contributed by atoms with Gasteiger partial charge in [0.25, 0.3) is 0 Å². The molecule has 5 heteroatoms. The van der Waals surface area contributed by atoms with Gasteiger partial charge in [-0.1, -0.05) is 18.2 Å². The Morgan fingerprint density at radius 2 is 2.03 bits per heavy atom. The van der Waals surface area contributed by atoms with Crippen molar-refractivity contribution in [3.05, 3.63) is 58.4 Å². The van der Waals surface area contributed by atoms with Crippen molar-refractivity contribution in [2.45, 2.75) is 57.6 Å². The number of fused-ring (bicyclic) bond motifs is 1. The normalized spacial score (nSPS) is 23.3. The molecule has 3 aliphatic rings. The van der Waals surface area contributed by atoms with Crippen LogP contribution in [0.5, 0.6) is 5.75 Å². The van der Waals surface area contributed by atoms with Crippen molar-refractivity contribution in [3.8, 4) is 5.75 Å². The predicted octanol–water partition coefficient (Wildman–Crippen LogP) is 4.82. The van der Waals surface area contributed by atoms with Crippen molar-refractivity contribution in [1.29, 1.82) is 0 Å². The zero-order valence-corrected chi connectivity index (χ0v) is 16.7. The van der Waals surface area contributed by atoms with Gasteiger partial charge in [-0.05, 0) is 73.3 Å². The van der Waals surface area contributed by atoms with Crippen molar-refractivity contribution in [2.75, 3.05) is 11.4 Å². The van der Waals surface area contributed by atoms with E-state index < -0.39 is 5.97 Å². The Bertz CT molecular complexity index is 969. The van der Waals surface area contributed by atoms with Crippen molar-refractivity contribution in [3.63, 3.8) is 0 Å². The number of carbonyl (C=O) groups is 1. The topological polar surface area (TPSA) is 49.8 Å². The number of hydrogen-bond acceptors (Lipinski definition) is 3. The summed E-state index contributed by atoms with van der Waals surface area (Å²) in [5.41, 5.74) is 4.81. The van der Waals surface area contributed by atoms with Gasteiger partial charge in [0.05, 0.1) is 17.7 Å². The van der Waals surface area contributed by atoms with Crippen molar-refractivity contribution in [1.82, 2.24) is 0 Å². The van der Waals surface area contributed by atoms with Gasteiger partial charge in [0.15, 0.2) is 0 Å². The van der Waals surface area contributed by atoms with Crippen LogP contribution in [0.25, 0.3) is 0 Å². The van der Waals surface area contributed by atoms with Crippen LogP contribution in [0.4, 0.5) is 10.1 Å². The monoisotopic (exact) mass is 395 g/mol. The van der Waals surface area contributed by atoms with Crippen molar-refractivity contribution < 1.29 is 19.0 Å². The van der Waals surface area contributed by atoms with Crippen LogP contribution in [-0.4, -0.2) is 23.7 Å². The predicted molar refractivity (Wildman–Crippen MR) is 109 cm³/mol. The Balaban J connectivity index is 1.36. The van der Waals surface area contributed by atoms with Crippen LogP contribution in [0.3, 0.4) is 0 Å². The molecule has 29 heavy (non-hydrogen) atoms. The first kappa shape index (κ1) is 18.5. The van der Waals surface area contributed by atoms with Gasteiger partial charge in [0.1, 0.15) is 11.6 Å². The van der Waals surface area contributed by atoms with E-state index in [-0.39, 0.29) is 23.8 Å². The second-order valence-corrected chi connectivity index (χ2v) is 8.73. The number of hydrogen-bond donors (Lipinski definition) is 1. The number of halogens is 1. The highest BCUT2D eigenvalue weighted by molar-refractivity contribution is 5.75. The molecule has 1 heterocycles. The van der Waals surface area contributed by atoms with Gasteiger partial charge >= 0.3 is 5.97 Å². The summed E-state index contributed by atoms with van der Waals surface area (Å²) in [7, 11) is 0. The summed E-state index contributed by atoms with van der Waals surface area (Å²) < 4.78 is 20.9. The molecule has 0 unspecified atom stereocenters. The summed E-state index contributed by atoms with van der Waals surface area (Å²) in [5, 5.41) is 9.18. The van der Waals surface area contributed by atoms with E-state index in [9.17, 15) is 14.3 Å². The lowest BCUT2D eigenvalue weighted by molar-refractivity contribution is -0.138. The quantitative estimate of drug-likeness (QED) is 0.789. The molecule has 0 bridgehead atoms. The summed E-state index contributed by atoms with van der Waals surface area (Å²) in [6.45, 7) is 3.20. The van der Waals surface area contributed by atoms with Gasteiger partial charge in [0, 0.05) is 19.2 Å². The highest BCUT2D eigenvalue weighted by atomic mass is 19.1. The average Bonchev–Trinajstić information content (AvgIpc) is 3.47. The van der Waals surface area contributed by atoms with Gasteiger partial charge in [-0.2, -0.15) is 0 Å². The molecule has 2 aromatic carbocycles. The summed E-state index contributed by atoms with van der Waals surface area (Å²) in [4.78, 5) is 13.3. The molecule has 0 radical (unpaired) electrons. The lowest BCUT2D eigenvalue weighted by atomic mass is 9.94. The number of ether oxygens (including phenoxy) is 1. The lowest BCUT2D eigenvalue weighted by Gasteiger charge is -2.32. The number of nitrogens with zero attached hydrogens (tertiary/aromatic N) is 1. The van der Waals surface area contributed by atoms with Gasteiger partial charge in [-0.3, -0.25) is 4.79 Å². The van der Waals surface area contributed by atoms with E-state index in [4.69, 9.17) is 4.74 Å². The number of aliphatic carboxylic acids is 1. The Morgan fingerprint density at radius 1 is 1.21 bits per heavy atom. The molecule has 5 rings (SSSR count). The standard InChI is InChI=1S/C24H26FNO3/c1-14-9-19(29-18-3-2-4-18)11-22(23(14)25)26-8-7-15-10-16(5-6-17(15)13-26)20-12-21(20)24(27)28/h5-6,9-11,18,20-21H,2-4,7-8,12-13H2,1H3,(H,27,28)/t20-,21+/m0/s1. The Labute approximate surface area is 170 Å². The smallest absolute Gasteiger partial charge is 0.307 e. The van der Waals surface area contributed by atoms with Crippen LogP contribution in [0.2, 0.25) is 0 Å². The molecule has 0 saturated heterocycles. The minimum Gasteiger partial charge on any atom is -0.490 e. The van der Waals surface area contributed by atoms with E-state index in [1.54, 1.807) is 13.0 Å². The molecule has 1 N–H and O–H groups in total. The van der Waals surface area contributed by atoms with Gasteiger partial charge in [-0.15, -0.1) is 0 Å². The maximum atomic E-state index is 14.9. The molecular formula is C24H26FNO3. The zero-order chi connectivity index (χ0) is 20.1. The fourth-order valence-electron chi connectivity index (χ4n) is 4.54. The highest BCUT2D eigenvalue weighted by Gasteiger charge is 2.44. The van der Waals surface area contributed by atoms with E-state index in [2.05, 4.69) is 17.0 Å². The van der Waals surface area contributed by atoms with Crippen LogP contribution in [0.1, 0.15) is 53.9 Å². The van der Waals surface area contributed by atoms with E-state index in [0.717, 1.165) is 43.5 Å². The Hall–Kier alpha value is -2.56.